The van der Waals surface area contributed by atoms with Gasteiger partial charge in [-0.25, -0.2) is 9.59 Å². The molecule has 10 nitrogen and oxygen atoms in total. The molecule has 9 fully saturated rings. The Kier molecular flexibility index (Phi) is 6.12. The maximum atomic E-state index is 14.2. The van der Waals surface area contributed by atoms with Crippen LogP contribution in [0.5, 0.6) is 23.0 Å². The van der Waals surface area contributed by atoms with Crippen molar-refractivity contribution in [3.05, 3.63) is 59.7 Å². The SMILES string of the molecule is C=C1[C@H]2C[C@@H]3C4N5C[C@]6(C)CCC[C@@]47[C@@H]6[C@@]5(OC(=O)c4ccc(OC)c(OC)c4)C[C@]3([C@@H]1O)[C@H]7[C@H]2OC(=O)c1ccc(OC)c(OC)c1. The summed E-state index contributed by atoms with van der Waals surface area (Å²) >= 11 is 0. The van der Waals surface area contributed by atoms with Crippen molar-refractivity contribution in [3.8, 4) is 23.0 Å². The second kappa shape index (κ2) is 9.69. The Morgan fingerprint density at radius 1 is 0.875 bits per heavy atom. The first-order chi connectivity index (χ1) is 23.0. The van der Waals surface area contributed by atoms with Crippen LogP contribution in [0.15, 0.2) is 48.6 Å². The van der Waals surface area contributed by atoms with E-state index in [0.29, 0.717) is 40.5 Å². The van der Waals surface area contributed by atoms with E-state index in [-0.39, 0.29) is 40.5 Å². The van der Waals surface area contributed by atoms with Gasteiger partial charge in [-0.15, -0.1) is 0 Å². The third-order valence-corrected chi connectivity index (χ3v) is 14.1. The van der Waals surface area contributed by atoms with E-state index in [4.69, 9.17) is 28.4 Å². The fourth-order valence-corrected chi connectivity index (χ4v) is 13.1. The second-order valence-corrected chi connectivity index (χ2v) is 15.6. The number of aliphatic hydroxyl groups excluding tert-OH is 1. The van der Waals surface area contributed by atoms with Gasteiger partial charge in [0, 0.05) is 47.6 Å². The van der Waals surface area contributed by atoms with E-state index in [1.807, 2.05) is 0 Å². The number of methoxy groups -OCH3 is 4. The first-order valence-electron chi connectivity index (χ1n) is 17.1. The summed E-state index contributed by atoms with van der Waals surface area (Å²) in [7, 11) is 6.21. The number of aliphatic hydroxyl groups is 1. The van der Waals surface area contributed by atoms with Gasteiger partial charge in [-0.2, -0.15) is 0 Å². The zero-order valence-electron chi connectivity index (χ0n) is 28.1. The number of benzene rings is 2. The van der Waals surface area contributed by atoms with Crippen LogP contribution in [0.25, 0.3) is 0 Å². The van der Waals surface area contributed by atoms with Gasteiger partial charge in [0.2, 0.25) is 0 Å². The Morgan fingerprint density at radius 2 is 1.50 bits per heavy atom. The molecule has 0 amide bonds. The number of ether oxygens (including phenoxy) is 6. The maximum absolute atomic E-state index is 14.2. The summed E-state index contributed by atoms with van der Waals surface area (Å²) in [6, 6.07) is 10.3. The number of nitrogens with zero attached hydrogens (tertiary/aromatic N) is 1. The first kappa shape index (κ1) is 30.3. The summed E-state index contributed by atoms with van der Waals surface area (Å²) in [6.45, 7) is 7.62. The predicted octanol–water partition coefficient (Wildman–Crippen LogP) is 4.88. The quantitative estimate of drug-likeness (QED) is 0.312. The lowest BCUT2D eigenvalue weighted by atomic mass is 9.38. The Morgan fingerprint density at radius 3 is 2.12 bits per heavy atom. The van der Waals surface area contributed by atoms with Crippen LogP contribution in [-0.4, -0.2) is 80.9 Å². The van der Waals surface area contributed by atoms with Gasteiger partial charge in [-0.3, -0.25) is 4.90 Å². The molecule has 0 aromatic heterocycles. The molecule has 10 heteroatoms. The number of piperidine rings is 2. The first-order valence-corrected chi connectivity index (χ1v) is 17.1. The van der Waals surface area contributed by atoms with Crippen molar-refractivity contribution in [2.45, 2.75) is 63.0 Å². The standard InChI is InChI=1S/C38H43NO9/c1-19-22-16-23-30-36-13-7-12-35(2)18-39(30)38(34(35)36,48-33(42)21-9-11-25(44-4)27(15-21)46-6)17-37(23,31(19)40)29(36)28(22)47-32(41)20-8-10-24(43-3)26(14-20)45-5/h8-11,14-15,22-23,28-31,34,40H,1,7,12-13,16-18H2,2-6H3/t22-,23-,28+,29+,30?,31-,34-,35+,36+,37-,38+/m1/s1. The van der Waals surface area contributed by atoms with Crippen LogP contribution in [0, 0.1) is 39.9 Å². The zero-order chi connectivity index (χ0) is 33.5. The van der Waals surface area contributed by atoms with Gasteiger partial charge in [0.1, 0.15) is 6.10 Å². The predicted molar refractivity (Wildman–Crippen MR) is 172 cm³/mol. The third kappa shape index (κ3) is 3.27. The highest BCUT2D eigenvalue weighted by molar-refractivity contribution is 5.91. The van der Waals surface area contributed by atoms with E-state index < -0.39 is 35.3 Å². The van der Waals surface area contributed by atoms with E-state index in [1.54, 1.807) is 64.8 Å². The normalized spacial score (nSPS) is 43.2. The number of hydrogen-bond donors (Lipinski definition) is 1. The molecule has 0 radical (unpaired) electrons. The van der Waals surface area contributed by atoms with E-state index in [0.717, 1.165) is 37.8 Å². The van der Waals surface area contributed by atoms with Crippen LogP contribution < -0.4 is 18.9 Å². The van der Waals surface area contributed by atoms with E-state index in [9.17, 15) is 14.7 Å². The van der Waals surface area contributed by atoms with Crippen LogP contribution in [0.2, 0.25) is 0 Å². The highest BCUT2D eigenvalue weighted by Crippen LogP contribution is 2.89. The maximum Gasteiger partial charge on any atom is 0.340 e. The van der Waals surface area contributed by atoms with E-state index >= 15 is 0 Å². The van der Waals surface area contributed by atoms with E-state index in [2.05, 4.69) is 18.4 Å². The van der Waals surface area contributed by atoms with Crippen LogP contribution in [0.1, 0.15) is 59.7 Å². The molecule has 3 heterocycles. The Balaban J connectivity index is 1.14. The van der Waals surface area contributed by atoms with Crippen molar-refractivity contribution in [2.75, 3.05) is 35.0 Å². The average Bonchev–Trinajstić information content (AvgIpc) is 3.48. The molecule has 12 atom stereocenters. The van der Waals surface area contributed by atoms with Crippen LogP contribution in [0.4, 0.5) is 0 Å². The lowest BCUT2D eigenvalue weighted by molar-refractivity contribution is -0.270. The zero-order valence-corrected chi connectivity index (χ0v) is 28.1. The van der Waals surface area contributed by atoms with Crippen molar-refractivity contribution < 1.29 is 43.1 Å². The summed E-state index contributed by atoms with van der Waals surface area (Å²) in [5, 5.41) is 12.3. The molecule has 6 saturated carbocycles. The Bertz CT molecular complexity index is 1780. The minimum atomic E-state index is -0.875. The summed E-state index contributed by atoms with van der Waals surface area (Å²) < 4.78 is 35.3. The molecule has 3 aliphatic heterocycles. The summed E-state index contributed by atoms with van der Waals surface area (Å²) in [6.07, 6.45) is 3.12. The molecule has 9 bridgehead atoms. The van der Waals surface area contributed by atoms with Gasteiger partial charge in [0.15, 0.2) is 28.7 Å². The third-order valence-electron chi connectivity index (χ3n) is 14.1. The smallest absolute Gasteiger partial charge is 0.340 e. The highest BCUT2D eigenvalue weighted by atomic mass is 16.6. The lowest BCUT2D eigenvalue weighted by Crippen LogP contribution is -2.72. The van der Waals surface area contributed by atoms with Crippen molar-refractivity contribution in [1.29, 1.82) is 0 Å². The molecule has 48 heavy (non-hydrogen) atoms. The molecule has 254 valence electrons. The molecule has 2 aromatic rings. The van der Waals surface area contributed by atoms with Crippen LogP contribution >= 0.6 is 0 Å². The molecule has 2 aromatic carbocycles. The fourth-order valence-electron chi connectivity index (χ4n) is 13.1. The van der Waals surface area contributed by atoms with Crippen LogP contribution in [-0.2, 0) is 9.47 Å². The van der Waals surface area contributed by atoms with Gasteiger partial charge in [-0.05, 0) is 72.6 Å². The number of hydrogen-bond acceptors (Lipinski definition) is 10. The molecule has 2 unspecified atom stereocenters. The minimum absolute atomic E-state index is 0.0445. The fraction of sp³-hybridized carbons (Fsp3) is 0.579. The molecule has 11 rings (SSSR count). The van der Waals surface area contributed by atoms with Crippen molar-refractivity contribution in [2.24, 2.45) is 39.9 Å². The monoisotopic (exact) mass is 657 g/mol. The molecular weight excluding hydrogens is 614 g/mol. The molecule has 1 N–H and O–H groups in total. The molecule has 3 saturated heterocycles. The van der Waals surface area contributed by atoms with Gasteiger partial charge in [0.05, 0.1) is 45.7 Å². The van der Waals surface area contributed by atoms with E-state index in [1.165, 1.54) is 0 Å². The number of rotatable bonds is 8. The number of carbonyl (C=O) groups is 2. The van der Waals surface area contributed by atoms with Gasteiger partial charge in [-0.1, -0.05) is 19.9 Å². The lowest BCUT2D eigenvalue weighted by Gasteiger charge is -2.68. The van der Waals surface area contributed by atoms with Gasteiger partial charge < -0.3 is 33.5 Å². The molecular formula is C38H43NO9. The average molecular weight is 658 g/mol. The number of carbonyl (C=O) groups excluding carboxylic acids is 2. The molecule has 6 aliphatic carbocycles. The van der Waals surface area contributed by atoms with Crippen molar-refractivity contribution >= 4 is 11.9 Å². The molecule has 9 aliphatic rings. The molecule has 2 spiro atoms. The van der Waals surface area contributed by atoms with Crippen LogP contribution in [0.3, 0.4) is 0 Å². The van der Waals surface area contributed by atoms with Gasteiger partial charge >= 0.3 is 11.9 Å². The minimum Gasteiger partial charge on any atom is -0.493 e. The summed E-state index contributed by atoms with van der Waals surface area (Å²) in [5.41, 5.74) is -0.333. The van der Waals surface area contributed by atoms with Crippen molar-refractivity contribution in [3.63, 3.8) is 0 Å². The summed E-state index contributed by atoms with van der Waals surface area (Å²) in [4.78, 5) is 30.7. The number of fused-ring (bicyclic) bond motifs is 1. The second-order valence-electron chi connectivity index (χ2n) is 15.6. The largest absolute Gasteiger partial charge is 0.493 e. The highest BCUT2D eigenvalue weighted by Gasteiger charge is 2.95. The van der Waals surface area contributed by atoms with Gasteiger partial charge in [0.25, 0.3) is 0 Å². The number of esters is 2. The van der Waals surface area contributed by atoms with Crippen molar-refractivity contribution in [1.82, 2.24) is 4.90 Å². The Hall–Kier alpha value is -3.76. The summed E-state index contributed by atoms with van der Waals surface area (Å²) in [5.74, 6) is 1.19. The topological polar surface area (TPSA) is 113 Å². The Labute approximate surface area is 280 Å².